The minimum Gasteiger partial charge on any atom is -0.348 e. The number of carbonyl (C=O) groups is 1. The van der Waals surface area contributed by atoms with Gasteiger partial charge in [-0.3, -0.25) is 4.79 Å². The number of amides is 1. The van der Waals surface area contributed by atoms with Crippen molar-refractivity contribution < 1.29 is 4.79 Å². The standard InChI is InChI=1S/C17H18ClNO/c1-12-4-3-5-16(13(12)2)17(20)19-11-15-8-6-14(10-18)7-9-15/h3-9H,10-11H2,1-2H3,(H,19,20). The lowest BCUT2D eigenvalue weighted by Crippen LogP contribution is -2.23. The van der Waals surface area contributed by atoms with Gasteiger partial charge in [0.25, 0.3) is 5.91 Å². The lowest BCUT2D eigenvalue weighted by atomic mass is 10.0. The van der Waals surface area contributed by atoms with E-state index in [1.807, 2.05) is 56.3 Å². The lowest BCUT2D eigenvalue weighted by Gasteiger charge is -2.09. The Hall–Kier alpha value is -1.80. The van der Waals surface area contributed by atoms with Crippen LogP contribution in [0.25, 0.3) is 0 Å². The molecule has 0 aliphatic heterocycles. The van der Waals surface area contributed by atoms with Crippen molar-refractivity contribution in [1.82, 2.24) is 5.32 Å². The molecule has 0 aliphatic rings. The molecule has 1 N–H and O–H groups in total. The van der Waals surface area contributed by atoms with Gasteiger partial charge in [-0.15, -0.1) is 11.6 Å². The molecule has 0 aromatic heterocycles. The summed E-state index contributed by atoms with van der Waals surface area (Å²) in [4.78, 5) is 12.2. The summed E-state index contributed by atoms with van der Waals surface area (Å²) in [7, 11) is 0. The Kier molecular flexibility index (Phi) is 4.80. The van der Waals surface area contributed by atoms with E-state index < -0.39 is 0 Å². The zero-order valence-corrected chi connectivity index (χ0v) is 12.5. The minimum absolute atomic E-state index is 0.0346. The van der Waals surface area contributed by atoms with Crippen LogP contribution in [0.5, 0.6) is 0 Å². The number of benzene rings is 2. The van der Waals surface area contributed by atoms with Gasteiger partial charge in [-0.05, 0) is 42.2 Å². The van der Waals surface area contributed by atoms with Gasteiger partial charge >= 0.3 is 0 Å². The summed E-state index contributed by atoms with van der Waals surface area (Å²) in [5.74, 6) is 0.474. The zero-order chi connectivity index (χ0) is 14.5. The summed E-state index contributed by atoms with van der Waals surface area (Å²) < 4.78 is 0. The van der Waals surface area contributed by atoms with E-state index in [1.165, 1.54) is 0 Å². The molecule has 0 unspecified atom stereocenters. The van der Waals surface area contributed by atoms with E-state index in [2.05, 4.69) is 5.32 Å². The van der Waals surface area contributed by atoms with Crippen LogP contribution in [0, 0.1) is 13.8 Å². The molecule has 0 heterocycles. The number of nitrogens with one attached hydrogen (secondary N) is 1. The van der Waals surface area contributed by atoms with Crippen LogP contribution in [0.4, 0.5) is 0 Å². The third kappa shape index (κ3) is 3.40. The second-order valence-electron chi connectivity index (χ2n) is 4.88. The van der Waals surface area contributed by atoms with Gasteiger partial charge in [0.2, 0.25) is 0 Å². The molecule has 0 spiro atoms. The van der Waals surface area contributed by atoms with Crippen molar-refractivity contribution in [3.8, 4) is 0 Å². The number of hydrogen-bond acceptors (Lipinski definition) is 1. The first kappa shape index (κ1) is 14.6. The van der Waals surface area contributed by atoms with Crippen molar-refractivity contribution in [3.63, 3.8) is 0 Å². The van der Waals surface area contributed by atoms with Crippen LogP contribution in [0.1, 0.15) is 32.6 Å². The summed E-state index contributed by atoms with van der Waals surface area (Å²) in [5, 5.41) is 2.95. The molecule has 0 bridgehead atoms. The molecule has 104 valence electrons. The average Bonchev–Trinajstić information content (AvgIpc) is 2.48. The van der Waals surface area contributed by atoms with Gasteiger partial charge in [0.1, 0.15) is 0 Å². The summed E-state index contributed by atoms with van der Waals surface area (Å²) in [6.45, 7) is 4.51. The Labute approximate surface area is 124 Å². The summed E-state index contributed by atoms with van der Waals surface area (Å²) >= 11 is 5.75. The highest BCUT2D eigenvalue weighted by Gasteiger charge is 2.09. The topological polar surface area (TPSA) is 29.1 Å². The van der Waals surface area contributed by atoms with E-state index in [9.17, 15) is 4.79 Å². The molecule has 0 radical (unpaired) electrons. The highest BCUT2D eigenvalue weighted by atomic mass is 35.5. The number of carbonyl (C=O) groups excluding carboxylic acids is 1. The molecule has 1 amide bonds. The van der Waals surface area contributed by atoms with E-state index >= 15 is 0 Å². The second kappa shape index (κ2) is 6.58. The fourth-order valence-corrected chi connectivity index (χ4v) is 2.20. The number of aryl methyl sites for hydroxylation is 1. The summed E-state index contributed by atoms with van der Waals surface area (Å²) in [6.07, 6.45) is 0. The number of rotatable bonds is 4. The minimum atomic E-state index is -0.0346. The molecular weight excluding hydrogens is 270 g/mol. The highest BCUT2D eigenvalue weighted by Crippen LogP contribution is 2.13. The molecule has 0 atom stereocenters. The van der Waals surface area contributed by atoms with E-state index in [1.54, 1.807) is 0 Å². The van der Waals surface area contributed by atoms with E-state index in [0.717, 1.165) is 27.8 Å². The van der Waals surface area contributed by atoms with Crippen LogP contribution >= 0.6 is 11.6 Å². The number of halogens is 1. The zero-order valence-electron chi connectivity index (χ0n) is 11.7. The monoisotopic (exact) mass is 287 g/mol. The Morgan fingerprint density at radius 3 is 2.35 bits per heavy atom. The smallest absolute Gasteiger partial charge is 0.251 e. The first-order valence-electron chi connectivity index (χ1n) is 6.60. The molecule has 3 heteroatoms. The van der Waals surface area contributed by atoms with Gasteiger partial charge in [0, 0.05) is 18.0 Å². The van der Waals surface area contributed by atoms with Crippen molar-refractivity contribution in [1.29, 1.82) is 0 Å². The van der Waals surface area contributed by atoms with Crippen LogP contribution < -0.4 is 5.32 Å². The first-order chi connectivity index (χ1) is 9.61. The molecule has 2 rings (SSSR count). The van der Waals surface area contributed by atoms with Gasteiger partial charge in [-0.1, -0.05) is 36.4 Å². The molecular formula is C17H18ClNO. The third-order valence-electron chi connectivity index (χ3n) is 3.48. The van der Waals surface area contributed by atoms with Crippen LogP contribution in [0.15, 0.2) is 42.5 Å². The van der Waals surface area contributed by atoms with Crippen molar-refractivity contribution >= 4 is 17.5 Å². The van der Waals surface area contributed by atoms with Gasteiger partial charge in [0.15, 0.2) is 0 Å². The predicted molar refractivity (Wildman–Crippen MR) is 83.1 cm³/mol. The SMILES string of the molecule is Cc1cccc(C(=O)NCc2ccc(CCl)cc2)c1C. The maximum absolute atomic E-state index is 12.2. The normalized spacial score (nSPS) is 10.3. The van der Waals surface area contributed by atoms with Crippen molar-refractivity contribution in [2.24, 2.45) is 0 Å². The Morgan fingerprint density at radius 1 is 1.05 bits per heavy atom. The molecule has 20 heavy (non-hydrogen) atoms. The second-order valence-corrected chi connectivity index (χ2v) is 5.15. The molecule has 0 saturated heterocycles. The fraction of sp³-hybridized carbons (Fsp3) is 0.235. The maximum atomic E-state index is 12.2. The molecule has 2 aromatic carbocycles. The first-order valence-corrected chi connectivity index (χ1v) is 7.13. The molecule has 0 saturated carbocycles. The van der Waals surface area contributed by atoms with E-state index in [-0.39, 0.29) is 5.91 Å². The molecule has 2 nitrogen and oxygen atoms in total. The largest absolute Gasteiger partial charge is 0.348 e. The quantitative estimate of drug-likeness (QED) is 0.847. The van der Waals surface area contributed by atoms with Crippen LogP contribution in [0.3, 0.4) is 0 Å². The summed E-state index contributed by atoms with van der Waals surface area (Å²) in [6, 6.07) is 13.7. The number of alkyl halides is 1. The highest BCUT2D eigenvalue weighted by molar-refractivity contribution is 6.17. The van der Waals surface area contributed by atoms with Gasteiger partial charge < -0.3 is 5.32 Å². The van der Waals surface area contributed by atoms with Crippen LogP contribution in [-0.2, 0) is 12.4 Å². The predicted octanol–water partition coefficient (Wildman–Crippen LogP) is 3.97. The average molecular weight is 288 g/mol. The Bertz CT molecular complexity index is 605. The number of hydrogen-bond donors (Lipinski definition) is 1. The van der Waals surface area contributed by atoms with Gasteiger partial charge in [-0.2, -0.15) is 0 Å². The van der Waals surface area contributed by atoms with E-state index in [4.69, 9.17) is 11.6 Å². The third-order valence-corrected chi connectivity index (χ3v) is 3.79. The Balaban J connectivity index is 2.02. The van der Waals surface area contributed by atoms with Gasteiger partial charge in [-0.25, -0.2) is 0 Å². The van der Waals surface area contributed by atoms with Crippen molar-refractivity contribution in [2.75, 3.05) is 0 Å². The van der Waals surface area contributed by atoms with Crippen molar-refractivity contribution in [3.05, 3.63) is 70.3 Å². The van der Waals surface area contributed by atoms with Crippen molar-refractivity contribution in [2.45, 2.75) is 26.3 Å². The van der Waals surface area contributed by atoms with Crippen LogP contribution in [0.2, 0.25) is 0 Å². The maximum Gasteiger partial charge on any atom is 0.251 e. The van der Waals surface area contributed by atoms with Crippen LogP contribution in [-0.4, -0.2) is 5.91 Å². The molecule has 0 fully saturated rings. The lowest BCUT2D eigenvalue weighted by molar-refractivity contribution is 0.0950. The molecule has 0 aliphatic carbocycles. The summed E-state index contributed by atoms with van der Waals surface area (Å²) in [5.41, 5.74) is 5.04. The Morgan fingerprint density at radius 2 is 1.70 bits per heavy atom. The fourth-order valence-electron chi connectivity index (χ4n) is 2.02. The van der Waals surface area contributed by atoms with Gasteiger partial charge in [0.05, 0.1) is 0 Å². The van der Waals surface area contributed by atoms with E-state index in [0.29, 0.717) is 12.4 Å². The molecule has 2 aromatic rings.